The number of rotatable bonds is 15. The summed E-state index contributed by atoms with van der Waals surface area (Å²) in [5.74, 6) is -1.29. The maximum Gasteiger partial charge on any atom is 0.246 e. The van der Waals surface area contributed by atoms with E-state index in [-0.39, 0.29) is 42.5 Å². The molecule has 2 aromatic carbocycles. The number of fused-ring (bicyclic) bond motifs is 2. The maximum absolute atomic E-state index is 14.3. The van der Waals surface area contributed by atoms with Gasteiger partial charge in [0, 0.05) is 31.6 Å². The maximum atomic E-state index is 14.3. The minimum Gasteiger partial charge on any atom is -0.508 e. The summed E-state index contributed by atoms with van der Waals surface area (Å²) in [5, 5.41) is 22.0. The molecule has 260 valence electrons. The third-order valence-electron chi connectivity index (χ3n) is 10.0. The Kier molecular flexibility index (Phi) is 12.1. The largest absolute Gasteiger partial charge is 0.508 e. The van der Waals surface area contributed by atoms with Gasteiger partial charge in [0.25, 0.3) is 0 Å². The van der Waals surface area contributed by atoms with Crippen LogP contribution in [0, 0.1) is 0 Å². The molecule has 4 amide bonds. The molecule has 1 aliphatic carbocycles. The quantitative estimate of drug-likeness (QED) is 0.138. The molecule has 9 N–H and O–H groups in total. The Morgan fingerprint density at radius 2 is 1.52 bits per heavy atom. The van der Waals surface area contributed by atoms with Crippen LogP contribution in [0.25, 0.3) is 0 Å². The molecular weight excluding hydrogens is 610 g/mol. The van der Waals surface area contributed by atoms with Gasteiger partial charge in [-0.15, -0.1) is 0 Å². The molecule has 12 heteroatoms. The lowest BCUT2D eigenvalue weighted by atomic mass is 9.80. The molecule has 2 bridgehead atoms. The number of piperazine rings is 1. The van der Waals surface area contributed by atoms with Crippen LogP contribution in [0.2, 0.25) is 0 Å². The highest BCUT2D eigenvalue weighted by atomic mass is 16.3. The minimum atomic E-state index is -1.22. The number of piperidine rings is 1. The lowest BCUT2D eigenvalue weighted by molar-refractivity contribution is -0.152. The van der Waals surface area contributed by atoms with Crippen molar-refractivity contribution in [3.8, 4) is 5.75 Å². The van der Waals surface area contributed by atoms with Crippen molar-refractivity contribution in [3.05, 3.63) is 65.7 Å². The summed E-state index contributed by atoms with van der Waals surface area (Å²) in [7, 11) is 0. The van der Waals surface area contributed by atoms with Crippen molar-refractivity contribution < 1.29 is 24.3 Å². The van der Waals surface area contributed by atoms with Crippen LogP contribution in [0.5, 0.6) is 5.75 Å². The smallest absolute Gasteiger partial charge is 0.246 e. The van der Waals surface area contributed by atoms with Gasteiger partial charge in [-0.25, -0.2) is 0 Å². The van der Waals surface area contributed by atoms with Crippen LogP contribution in [0.4, 0.5) is 0 Å². The van der Waals surface area contributed by atoms with Crippen molar-refractivity contribution in [2.24, 2.45) is 11.5 Å². The summed E-state index contributed by atoms with van der Waals surface area (Å²) in [6.45, 7) is 2.00. The molecule has 12 nitrogen and oxygen atoms in total. The molecule has 48 heavy (non-hydrogen) atoms. The second-order valence-corrected chi connectivity index (χ2v) is 13.6. The van der Waals surface area contributed by atoms with E-state index >= 15 is 0 Å². The molecule has 0 radical (unpaired) electrons. The Balaban J connectivity index is 1.32. The van der Waals surface area contributed by atoms with E-state index in [1.165, 1.54) is 12.1 Å². The van der Waals surface area contributed by atoms with Crippen LogP contribution in [-0.4, -0.2) is 89.0 Å². The average molecular weight is 662 g/mol. The number of hydrogen-bond acceptors (Lipinski definition) is 8. The van der Waals surface area contributed by atoms with E-state index in [9.17, 15) is 24.3 Å². The standard InChI is InChI=1S/C36H51N7O5/c37-18-8-5-11-30(34(47)43-26-21-27(43)23-39-22-26)41-35(48)36(16-6-2-7-17-36)42-33(46)31(20-24-9-3-1-4-10-24)40-32(45)29(38)19-25-12-14-28(44)15-13-25/h1,3-4,9-10,12-15,26-27,29-31,39,44H,2,5-8,11,16-23,37-38H2,(H,40,45)(H,41,48)(H,42,46). The second-order valence-electron chi connectivity index (χ2n) is 13.6. The normalized spacial score (nSPS) is 21.6. The Bertz CT molecular complexity index is 1390. The van der Waals surface area contributed by atoms with Crippen molar-refractivity contribution >= 4 is 23.6 Å². The van der Waals surface area contributed by atoms with E-state index in [2.05, 4.69) is 21.3 Å². The van der Waals surface area contributed by atoms with Gasteiger partial charge in [0.1, 0.15) is 23.4 Å². The third-order valence-corrected chi connectivity index (χ3v) is 10.0. The van der Waals surface area contributed by atoms with Crippen molar-refractivity contribution in [1.82, 2.24) is 26.2 Å². The van der Waals surface area contributed by atoms with E-state index < -0.39 is 35.5 Å². The molecule has 0 aromatic heterocycles. The van der Waals surface area contributed by atoms with Gasteiger partial charge in [0.2, 0.25) is 23.6 Å². The number of phenolic OH excluding ortho intramolecular Hbond substituents is 1. The number of carbonyl (C=O) groups excluding carboxylic acids is 4. The molecule has 5 atom stereocenters. The zero-order valence-corrected chi connectivity index (χ0v) is 27.7. The number of nitrogens with one attached hydrogen (secondary N) is 4. The lowest BCUT2D eigenvalue weighted by Gasteiger charge is -2.54. The number of amides is 4. The molecular formula is C36H51N7O5. The summed E-state index contributed by atoms with van der Waals surface area (Å²) in [6.07, 6.45) is 6.58. The minimum absolute atomic E-state index is 0.0720. The topological polar surface area (TPSA) is 192 Å². The zero-order valence-electron chi connectivity index (χ0n) is 27.7. The Morgan fingerprint density at radius 3 is 2.17 bits per heavy atom. The Morgan fingerprint density at radius 1 is 0.854 bits per heavy atom. The van der Waals surface area contributed by atoms with Crippen LogP contribution in [0.3, 0.4) is 0 Å². The molecule has 2 saturated heterocycles. The van der Waals surface area contributed by atoms with Crippen LogP contribution in [0.1, 0.15) is 68.9 Å². The molecule has 5 unspecified atom stereocenters. The number of aromatic hydroxyl groups is 1. The summed E-state index contributed by atoms with van der Waals surface area (Å²) in [5.41, 5.74) is 12.4. The number of benzene rings is 2. The molecule has 1 saturated carbocycles. The highest BCUT2D eigenvalue weighted by molar-refractivity contribution is 5.97. The molecule has 2 aromatic rings. The fraction of sp³-hybridized carbons (Fsp3) is 0.556. The van der Waals surface area contributed by atoms with Crippen LogP contribution < -0.4 is 32.7 Å². The predicted octanol–water partition coefficient (Wildman–Crippen LogP) is 0.995. The van der Waals surface area contributed by atoms with Gasteiger partial charge >= 0.3 is 0 Å². The van der Waals surface area contributed by atoms with Crippen LogP contribution in [0.15, 0.2) is 54.6 Å². The van der Waals surface area contributed by atoms with Gasteiger partial charge in [0.15, 0.2) is 0 Å². The Hall–Kier alpha value is -4.00. The van der Waals surface area contributed by atoms with Crippen LogP contribution >= 0.6 is 0 Å². The van der Waals surface area contributed by atoms with E-state index in [1.54, 1.807) is 12.1 Å². The number of nitrogens with zero attached hydrogens (tertiary/aromatic N) is 1. The van der Waals surface area contributed by atoms with Gasteiger partial charge < -0.3 is 42.7 Å². The zero-order chi connectivity index (χ0) is 34.1. The van der Waals surface area contributed by atoms with E-state index in [4.69, 9.17) is 11.5 Å². The van der Waals surface area contributed by atoms with Gasteiger partial charge in [-0.3, -0.25) is 19.2 Å². The average Bonchev–Trinajstić information content (AvgIpc) is 3.09. The second kappa shape index (κ2) is 16.4. The fourth-order valence-electron chi connectivity index (χ4n) is 7.27. The molecule has 3 aliphatic rings. The van der Waals surface area contributed by atoms with Crippen LogP contribution in [-0.2, 0) is 32.0 Å². The summed E-state index contributed by atoms with van der Waals surface area (Å²) < 4.78 is 0. The number of unbranched alkanes of at least 4 members (excludes halogenated alkanes) is 1. The van der Waals surface area contributed by atoms with Crippen molar-refractivity contribution in [3.63, 3.8) is 0 Å². The molecule has 2 heterocycles. The van der Waals surface area contributed by atoms with Gasteiger partial charge in [-0.05, 0) is 74.8 Å². The first-order valence-corrected chi connectivity index (χ1v) is 17.4. The molecule has 0 spiro atoms. The number of carbonyl (C=O) groups is 4. The molecule has 3 fully saturated rings. The van der Waals surface area contributed by atoms with E-state index in [1.807, 2.05) is 35.2 Å². The summed E-state index contributed by atoms with van der Waals surface area (Å²) >= 11 is 0. The molecule has 5 rings (SSSR count). The molecule has 2 aliphatic heterocycles. The SMILES string of the molecule is NCCCCC(NC(=O)C1(NC(=O)C(Cc2ccccc2)NC(=O)C(N)Cc2ccc(O)cc2)CCCCC1)C(=O)N1C2CNCC1C2. The number of hydrogen-bond donors (Lipinski definition) is 7. The highest BCUT2D eigenvalue weighted by Crippen LogP contribution is 2.32. The van der Waals surface area contributed by atoms with Gasteiger partial charge in [-0.2, -0.15) is 0 Å². The number of nitrogens with two attached hydrogens (primary N) is 2. The van der Waals surface area contributed by atoms with Gasteiger partial charge in [-0.1, -0.05) is 61.7 Å². The fourth-order valence-corrected chi connectivity index (χ4v) is 7.27. The Labute approximate surface area is 282 Å². The van der Waals surface area contributed by atoms with E-state index in [0.717, 1.165) is 56.3 Å². The summed E-state index contributed by atoms with van der Waals surface area (Å²) in [6, 6.07) is 13.4. The first-order valence-electron chi connectivity index (χ1n) is 17.4. The van der Waals surface area contributed by atoms with Gasteiger partial charge in [0.05, 0.1) is 6.04 Å². The highest BCUT2D eigenvalue weighted by Gasteiger charge is 2.48. The van der Waals surface area contributed by atoms with E-state index in [0.29, 0.717) is 32.2 Å². The summed E-state index contributed by atoms with van der Waals surface area (Å²) in [4.78, 5) is 57.5. The first-order chi connectivity index (χ1) is 23.2. The van der Waals surface area contributed by atoms with Crippen molar-refractivity contribution in [1.29, 1.82) is 0 Å². The third kappa shape index (κ3) is 8.72. The number of phenols is 1. The van der Waals surface area contributed by atoms with Crippen molar-refractivity contribution in [2.75, 3.05) is 19.6 Å². The predicted molar refractivity (Wildman–Crippen MR) is 183 cm³/mol. The first kappa shape index (κ1) is 35.3. The lowest BCUT2D eigenvalue weighted by Crippen LogP contribution is -2.72. The monoisotopic (exact) mass is 661 g/mol. The van der Waals surface area contributed by atoms with Crippen molar-refractivity contribution in [2.45, 2.75) is 106 Å².